The van der Waals surface area contributed by atoms with Crippen LogP contribution in [0.2, 0.25) is 0 Å². The number of anilines is 2. The third kappa shape index (κ3) is 2.85. The molecule has 0 fully saturated rings. The number of hydrogen-bond acceptors (Lipinski definition) is 6. The van der Waals surface area contributed by atoms with Gasteiger partial charge in [-0.05, 0) is 24.3 Å². The summed E-state index contributed by atoms with van der Waals surface area (Å²) in [5.41, 5.74) is 5.63. The predicted molar refractivity (Wildman–Crippen MR) is 77.1 cm³/mol. The number of aromatic nitrogens is 1. The summed E-state index contributed by atoms with van der Waals surface area (Å²) in [6.45, 7) is -0.0437. The largest absolute Gasteiger partial charge is 0.480 e. The van der Waals surface area contributed by atoms with Gasteiger partial charge >= 0.3 is 0 Å². The van der Waals surface area contributed by atoms with Crippen molar-refractivity contribution in [3.8, 4) is 5.75 Å². The minimum absolute atomic E-state index is 0.135. The molecule has 1 aliphatic heterocycles. The molecule has 2 aromatic heterocycles. The van der Waals surface area contributed by atoms with Crippen LogP contribution in [-0.4, -0.2) is 29.9 Å². The maximum absolute atomic E-state index is 12.0. The van der Waals surface area contributed by atoms with Gasteiger partial charge < -0.3 is 20.2 Å². The third-order valence-corrected chi connectivity index (χ3v) is 3.11. The quantitative estimate of drug-likeness (QED) is 0.840. The average Bonchev–Trinajstić information content (AvgIpc) is 3.02. The van der Waals surface area contributed by atoms with Crippen LogP contribution in [0.3, 0.4) is 0 Å². The highest BCUT2D eigenvalue weighted by molar-refractivity contribution is 6.01. The molecule has 3 rings (SSSR count). The first-order valence-corrected chi connectivity index (χ1v) is 6.62. The number of nitrogens with two attached hydrogens (primary N) is 1. The summed E-state index contributed by atoms with van der Waals surface area (Å²) in [7, 11) is 0. The molecule has 3 heterocycles. The van der Waals surface area contributed by atoms with Crippen LogP contribution in [0.25, 0.3) is 0 Å². The van der Waals surface area contributed by atoms with Crippen molar-refractivity contribution in [2.24, 2.45) is 0 Å². The lowest BCUT2D eigenvalue weighted by molar-refractivity contribution is -0.125. The summed E-state index contributed by atoms with van der Waals surface area (Å²) >= 11 is 0. The molecule has 114 valence electrons. The fourth-order valence-electron chi connectivity index (χ4n) is 2.05. The zero-order valence-corrected chi connectivity index (χ0v) is 11.6. The van der Waals surface area contributed by atoms with E-state index in [0.717, 1.165) is 0 Å². The zero-order valence-electron chi connectivity index (χ0n) is 11.6. The monoisotopic (exact) mass is 302 g/mol. The number of carbonyl (C=O) groups excluding carboxylic acids is 2. The second-order valence-corrected chi connectivity index (χ2v) is 4.68. The van der Waals surface area contributed by atoms with Gasteiger partial charge in [0.15, 0.2) is 18.2 Å². The Bertz CT molecular complexity index is 699. The van der Waals surface area contributed by atoms with Crippen LogP contribution in [0.15, 0.2) is 34.9 Å². The van der Waals surface area contributed by atoms with Crippen molar-refractivity contribution < 1.29 is 18.7 Å². The van der Waals surface area contributed by atoms with Crippen LogP contribution in [-0.2, 0) is 16.1 Å². The van der Waals surface area contributed by atoms with Crippen LogP contribution in [0.4, 0.5) is 11.6 Å². The summed E-state index contributed by atoms with van der Waals surface area (Å²) in [6.07, 6.45) is 1.52. The smallest absolute Gasteiger partial charge is 0.266 e. The maximum atomic E-state index is 12.0. The van der Waals surface area contributed by atoms with Crippen molar-refractivity contribution in [1.82, 2.24) is 10.3 Å². The standard InChI is InChI=1S/C14H14N4O4/c15-11-4-3-10-14(17-11)18(13(20)8-22-10)7-12(19)16-6-9-2-1-5-21-9/h1-5H,6-8H2,(H2,15,17)(H,16,19). The van der Waals surface area contributed by atoms with Gasteiger partial charge in [0.2, 0.25) is 5.91 Å². The first-order valence-electron chi connectivity index (χ1n) is 6.62. The first kappa shape index (κ1) is 13.9. The highest BCUT2D eigenvalue weighted by Gasteiger charge is 2.28. The number of carbonyl (C=O) groups is 2. The van der Waals surface area contributed by atoms with Gasteiger partial charge in [0.05, 0.1) is 12.8 Å². The molecule has 0 aromatic carbocycles. The number of fused-ring (bicyclic) bond motifs is 1. The molecular weight excluding hydrogens is 288 g/mol. The van der Waals surface area contributed by atoms with Crippen LogP contribution in [0, 0.1) is 0 Å². The highest BCUT2D eigenvalue weighted by atomic mass is 16.5. The second-order valence-electron chi connectivity index (χ2n) is 4.68. The van der Waals surface area contributed by atoms with E-state index < -0.39 is 0 Å². The van der Waals surface area contributed by atoms with Crippen molar-refractivity contribution in [1.29, 1.82) is 0 Å². The molecule has 3 N–H and O–H groups in total. The summed E-state index contributed by atoms with van der Waals surface area (Å²) in [4.78, 5) is 29.3. The summed E-state index contributed by atoms with van der Waals surface area (Å²) in [5, 5.41) is 2.67. The van der Waals surface area contributed by atoms with Crippen molar-refractivity contribution >= 4 is 23.5 Å². The van der Waals surface area contributed by atoms with E-state index in [0.29, 0.717) is 11.5 Å². The number of pyridine rings is 1. The molecule has 0 atom stereocenters. The van der Waals surface area contributed by atoms with E-state index in [2.05, 4.69) is 10.3 Å². The van der Waals surface area contributed by atoms with E-state index in [1.807, 2.05) is 0 Å². The van der Waals surface area contributed by atoms with E-state index >= 15 is 0 Å². The number of nitrogens with zero attached hydrogens (tertiary/aromatic N) is 2. The van der Waals surface area contributed by atoms with Gasteiger partial charge in [-0.1, -0.05) is 0 Å². The molecule has 0 spiro atoms. The lowest BCUT2D eigenvalue weighted by atomic mass is 10.3. The van der Waals surface area contributed by atoms with Gasteiger partial charge in [-0.3, -0.25) is 14.5 Å². The molecular formula is C14H14N4O4. The molecule has 0 bridgehead atoms. The molecule has 8 heteroatoms. The molecule has 0 saturated carbocycles. The summed E-state index contributed by atoms with van der Waals surface area (Å²) in [5.74, 6) is 0.875. The Morgan fingerprint density at radius 2 is 2.27 bits per heavy atom. The van der Waals surface area contributed by atoms with Crippen LogP contribution in [0.5, 0.6) is 5.75 Å². The SMILES string of the molecule is Nc1ccc2c(n1)N(CC(=O)NCc1ccco1)C(=O)CO2. The molecule has 8 nitrogen and oxygen atoms in total. The molecule has 2 aromatic rings. The molecule has 1 aliphatic rings. The Morgan fingerprint density at radius 1 is 1.41 bits per heavy atom. The molecule has 22 heavy (non-hydrogen) atoms. The fraction of sp³-hybridized carbons (Fsp3) is 0.214. The average molecular weight is 302 g/mol. The lowest BCUT2D eigenvalue weighted by Crippen LogP contribution is -2.45. The second kappa shape index (κ2) is 5.76. The molecule has 0 unspecified atom stereocenters. The van der Waals surface area contributed by atoms with Crippen LogP contribution in [0.1, 0.15) is 5.76 Å². The van der Waals surface area contributed by atoms with Gasteiger partial charge in [0.1, 0.15) is 18.1 Å². The predicted octanol–water partition coefficient (Wildman–Crippen LogP) is 0.299. The minimum atomic E-state index is -0.348. The number of amides is 2. The van der Waals surface area contributed by atoms with E-state index in [-0.39, 0.29) is 43.1 Å². The number of nitrogen functional groups attached to an aromatic ring is 1. The molecule has 2 amide bonds. The number of rotatable bonds is 4. The minimum Gasteiger partial charge on any atom is -0.480 e. The van der Waals surface area contributed by atoms with E-state index in [9.17, 15) is 9.59 Å². The van der Waals surface area contributed by atoms with Crippen molar-refractivity contribution in [2.45, 2.75) is 6.54 Å². The van der Waals surface area contributed by atoms with Gasteiger partial charge in [-0.25, -0.2) is 4.98 Å². The maximum Gasteiger partial charge on any atom is 0.266 e. The summed E-state index contributed by atoms with van der Waals surface area (Å²) < 4.78 is 10.4. The normalized spacial score (nSPS) is 13.5. The van der Waals surface area contributed by atoms with Gasteiger partial charge in [-0.2, -0.15) is 0 Å². The van der Waals surface area contributed by atoms with Gasteiger partial charge in [0, 0.05) is 0 Å². The zero-order chi connectivity index (χ0) is 15.5. The highest BCUT2D eigenvalue weighted by Crippen LogP contribution is 2.30. The Kier molecular flexibility index (Phi) is 3.65. The fourth-order valence-corrected chi connectivity index (χ4v) is 2.05. The lowest BCUT2D eigenvalue weighted by Gasteiger charge is -2.27. The molecule has 0 radical (unpaired) electrons. The van der Waals surface area contributed by atoms with Gasteiger partial charge in [0.25, 0.3) is 5.91 Å². The van der Waals surface area contributed by atoms with Crippen molar-refractivity contribution in [3.63, 3.8) is 0 Å². The first-order chi connectivity index (χ1) is 10.6. The molecule has 0 saturated heterocycles. The Balaban J connectivity index is 1.70. The Morgan fingerprint density at radius 3 is 3.05 bits per heavy atom. The summed E-state index contributed by atoms with van der Waals surface area (Å²) in [6, 6.07) is 6.68. The van der Waals surface area contributed by atoms with E-state index in [1.54, 1.807) is 24.3 Å². The molecule has 0 aliphatic carbocycles. The number of nitrogens with one attached hydrogen (secondary N) is 1. The third-order valence-electron chi connectivity index (χ3n) is 3.11. The van der Waals surface area contributed by atoms with Crippen LogP contribution < -0.4 is 20.7 Å². The van der Waals surface area contributed by atoms with E-state index in [4.69, 9.17) is 14.9 Å². The number of hydrogen-bond donors (Lipinski definition) is 2. The van der Waals surface area contributed by atoms with Gasteiger partial charge in [-0.15, -0.1) is 0 Å². The van der Waals surface area contributed by atoms with Crippen molar-refractivity contribution in [2.75, 3.05) is 23.8 Å². The topological polar surface area (TPSA) is 111 Å². The van der Waals surface area contributed by atoms with Crippen LogP contribution >= 0.6 is 0 Å². The Labute approximate surface area is 125 Å². The van der Waals surface area contributed by atoms with E-state index in [1.165, 1.54) is 11.2 Å². The number of furan rings is 1. The van der Waals surface area contributed by atoms with Crippen molar-refractivity contribution in [3.05, 3.63) is 36.3 Å². The number of ether oxygens (including phenoxy) is 1. The Hall–Kier alpha value is -3.03.